The van der Waals surface area contributed by atoms with Crippen LogP contribution in [0.1, 0.15) is 18.1 Å². The van der Waals surface area contributed by atoms with E-state index in [0.29, 0.717) is 36.8 Å². The van der Waals surface area contributed by atoms with Crippen LogP contribution < -0.4 is 0 Å². The van der Waals surface area contributed by atoms with E-state index in [2.05, 4.69) is 10.1 Å². The monoisotopic (exact) mass is 391 g/mol. The van der Waals surface area contributed by atoms with Crippen molar-refractivity contribution < 1.29 is 21.7 Å². The smallest absolute Gasteiger partial charge is 0.241 e. The van der Waals surface area contributed by atoms with Crippen LogP contribution in [0.5, 0.6) is 0 Å². The van der Waals surface area contributed by atoms with Crippen LogP contribution in [0.15, 0.2) is 51.6 Å². The summed E-state index contributed by atoms with van der Waals surface area (Å²) < 4.78 is 47.6. The number of aromatic nitrogens is 2. The van der Waals surface area contributed by atoms with Gasteiger partial charge in [0.1, 0.15) is 11.6 Å². The van der Waals surface area contributed by atoms with Crippen LogP contribution in [-0.2, 0) is 22.9 Å². The molecule has 1 aromatic carbocycles. The van der Waals surface area contributed by atoms with Crippen molar-refractivity contribution in [2.24, 2.45) is 0 Å². The van der Waals surface area contributed by atoms with Gasteiger partial charge in [0.05, 0.1) is 30.9 Å². The minimum absolute atomic E-state index is 0.104. The number of sulfone groups is 1. The second-order valence-corrected chi connectivity index (χ2v) is 8.79. The number of benzene rings is 1. The van der Waals surface area contributed by atoms with Gasteiger partial charge in [0.2, 0.25) is 11.7 Å². The number of hydrogen-bond acceptors (Lipinski definition) is 7. The van der Waals surface area contributed by atoms with Gasteiger partial charge in [-0.15, -0.1) is 0 Å². The van der Waals surface area contributed by atoms with Gasteiger partial charge in [-0.05, 0) is 42.8 Å². The van der Waals surface area contributed by atoms with Gasteiger partial charge in [0.25, 0.3) is 0 Å². The largest absolute Gasteiger partial charge is 0.468 e. The van der Waals surface area contributed by atoms with Crippen molar-refractivity contribution in [2.75, 3.05) is 11.5 Å². The normalized spacial score (nSPS) is 19.0. The second-order valence-electron chi connectivity index (χ2n) is 6.56. The predicted octanol–water partition coefficient (Wildman–Crippen LogP) is 2.66. The van der Waals surface area contributed by atoms with Crippen LogP contribution in [0.4, 0.5) is 4.39 Å². The molecule has 3 heterocycles. The van der Waals surface area contributed by atoms with Gasteiger partial charge >= 0.3 is 0 Å². The fraction of sp³-hybridized carbons (Fsp3) is 0.333. The fourth-order valence-electron chi connectivity index (χ4n) is 3.19. The molecule has 142 valence electrons. The molecule has 2 aromatic heterocycles. The molecular weight excluding hydrogens is 373 g/mol. The molecule has 1 aliphatic rings. The number of furan rings is 1. The van der Waals surface area contributed by atoms with Crippen LogP contribution in [0, 0.1) is 5.82 Å². The first-order chi connectivity index (χ1) is 13.0. The molecule has 27 heavy (non-hydrogen) atoms. The van der Waals surface area contributed by atoms with Gasteiger partial charge in [-0.1, -0.05) is 5.16 Å². The summed E-state index contributed by atoms with van der Waals surface area (Å²) in [6, 6.07) is 9.31. The molecule has 0 aliphatic carbocycles. The summed E-state index contributed by atoms with van der Waals surface area (Å²) in [5, 5.41) is 3.94. The number of hydrogen-bond donors (Lipinski definition) is 0. The van der Waals surface area contributed by atoms with E-state index >= 15 is 0 Å². The van der Waals surface area contributed by atoms with E-state index in [1.165, 1.54) is 12.1 Å². The zero-order chi connectivity index (χ0) is 18.9. The van der Waals surface area contributed by atoms with Crippen molar-refractivity contribution in [1.29, 1.82) is 0 Å². The minimum atomic E-state index is -3.03. The molecule has 4 rings (SSSR count). The highest BCUT2D eigenvalue weighted by atomic mass is 32.2. The van der Waals surface area contributed by atoms with E-state index in [4.69, 9.17) is 8.94 Å². The van der Waals surface area contributed by atoms with Crippen molar-refractivity contribution in [3.63, 3.8) is 0 Å². The molecule has 1 aliphatic heterocycles. The maximum Gasteiger partial charge on any atom is 0.241 e. The Labute approximate surface area is 155 Å². The first-order valence-corrected chi connectivity index (χ1v) is 10.4. The maximum atomic E-state index is 13.1. The van der Waals surface area contributed by atoms with E-state index in [1.54, 1.807) is 24.5 Å². The second kappa shape index (κ2) is 7.24. The quantitative estimate of drug-likeness (QED) is 0.638. The van der Waals surface area contributed by atoms with Crippen molar-refractivity contribution in [3.05, 3.63) is 60.1 Å². The molecule has 1 saturated heterocycles. The Bertz CT molecular complexity index is 1000. The SMILES string of the molecule is O=S1(=O)CCC(N(Cc2ccco2)Cc2nc(-c3ccc(F)cc3)no2)C1. The third-order valence-electron chi connectivity index (χ3n) is 4.57. The molecule has 3 aromatic rings. The number of rotatable bonds is 6. The molecule has 9 heteroatoms. The van der Waals surface area contributed by atoms with Crippen molar-refractivity contribution >= 4 is 9.84 Å². The lowest BCUT2D eigenvalue weighted by molar-refractivity contribution is 0.157. The summed E-state index contributed by atoms with van der Waals surface area (Å²) in [6.45, 7) is 0.747. The molecule has 0 radical (unpaired) electrons. The molecule has 0 bridgehead atoms. The van der Waals surface area contributed by atoms with Crippen LogP contribution in [0.25, 0.3) is 11.4 Å². The third-order valence-corrected chi connectivity index (χ3v) is 6.32. The minimum Gasteiger partial charge on any atom is -0.468 e. The van der Waals surface area contributed by atoms with Crippen LogP contribution in [-0.4, -0.2) is 41.0 Å². The van der Waals surface area contributed by atoms with Crippen molar-refractivity contribution in [1.82, 2.24) is 15.0 Å². The molecular formula is C18H18FN3O4S. The van der Waals surface area contributed by atoms with Gasteiger partial charge in [0, 0.05) is 11.6 Å². The summed E-state index contributed by atoms with van der Waals surface area (Å²) in [4.78, 5) is 6.34. The standard InChI is InChI=1S/C18H18FN3O4S/c19-14-5-3-13(4-6-14)18-20-17(26-21-18)11-22(10-16-2-1-8-25-16)15-7-9-27(23,24)12-15/h1-6,8,15H,7,9-12H2. The summed E-state index contributed by atoms with van der Waals surface area (Å²) in [5.41, 5.74) is 0.646. The van der Waals surface area contributed by atoms with Crippen molar-refractivity contribution in [3.8, 4) is 11.4 Å². The first-order valence-electron chi connectivity index (χ1n) is 8.54. The Hall–Kier alpha value is -2.52. The Balaban J connectivity index is 1.53. The molecule has 1 fully saturated rings. The average molecular weight is 391 g/mol. The van der Waals surface area contributed by atoms with Crippen LogP contribution in [0.2, 0.25) is 0 Å². The maximum absolute atomic E-state index is 13.1. The molecule has 0 saturated carbocycles. The van der Waals surface area contributed by atoms with Gasteiger partial charge < -0.3 is 8.94 Å². The number of halogens is 1. The highest BCUT2D eigenvalue weighted by Gasteiger charge is 2.33. The van der Waals surface area contributed by atoms with E-state index in [9.17, 15) is 12.8 Å². The van der Waals surface area contributed by atoms with Crippen LogP contribution >= 0.6 is 0 Å². The highest BCUT2D eigenvalue weighted by molar-refractivity contribution is 7.91. The molecule has 7 nitrogen and oxygen atoms in total. The zero-order valence-corrected chi connectivity index (χ0v) is 15.2. The Morgan fingerprint density at radius 2 is 2.00 bits per heavy atom. The van der Waals surface area contributed by atoms with E-state index in [0.717, 1.165) is 5.76 Å². The lowest BCUT2D eigenvalue weighted by Gasteiger charge is -2.25. The van der Waals surface area contributed by atoms with Crippen molar-refractivity contribution in [2.45, 2.75) is 25.6 Å². The van der Waals surface area contributed by atoms with Gasteiger partial charge in [-0.2, -0.15) is 4.98 Å². The third kappa shape index (κ3) is 4.25. The summed E-state index contributed by atoms with van der Waals surface area (Å²) >= 11 is 0. The van der Waals surface area contributed by atoms with Gasteiger partial charge in [-0.25, -0.2) is 12.8 Å². The summed E-state index contributed by atoms with van der Waals surface area (Å²) in [7, 11) is -3.03. The predicted molar refractivity (Wildman–Crippen MR) is 94.7 cm³/mol. The first kappa shape index (κ1) is 17.9. The molecule has 0 N–H and O–H groups in total. The number of nitrogens with zero attached hydrogens (tertiary/aromatic N) is 3. The van der Waals surface area contributed by atoms with Crippen LogP contribution in [0.3, 0.4) is 0 Å². The average Bonchev–Trinajstić information content (AvgIpc) is 3.36. The molecule has 1 atom stereocenters. The van der Waals surface area contributed by atoms with Gasteiger partial charge in [-0.3, -0.25) is 4.90 Å². The summed E-state index contributed by atoms with van der Waals surface area (Å²) in [6.07, 6.45) is 2.14. The lowest BCUT2D eigenvalue weighted by Crippen LogP contribution is -2.35. The Morgan fingerprint density at radius 3 is 2.67 bits per heavy atom. The lowest BCUT2D eigenvalue weighted by atomic mass is 10.2. The molecule has 0 spiro atoms. The zero-order valence-electron chi connectivity index (χ0n) is 14.4. The van der Waals surface area contributed by atoms with E-state index in [-0.39, 0.29) is 23.4 Å². The fourth-order valence-corrected chi connectivity index (χ4v) is 4.95. The Morgan fingerprint density at radius 1 is 1.19 bits per heavy atom. The van der Waals surface area contributed by atoms with E-state index in [1.807, 2.05) is 11.0 Å². The molecule has 0 amide bonds. The Kier molecular flexibility index (Phi) is 4.79. The van der Waals surface area contributed by atoms with Gasteiger partial charge in [0.15, 0.2) is 9.84 Å². The molecule has 1 unspecified atom stereocenters. The van der Waals surface area contributed by atoms with E-state index < -0.39 is 9.84 Å². The summed E-state index contributed by atoms with van der Waals surface area (Å²) in [5.74, 6) is 1.41. The topological polar surface area (TPSA) is 89.4 Å². The highest BCUT2D eigenvalue weighted by Crippen LogP contribution is 2.23.